The van der Waals surface area contributed by atoms with Crippen LogP contribution in [0.5, 0.6) is 0 Å². The van der Waals surface area contributed by atoms with E-state index >= 15 is 0 Å². The highest BCUT2D eigenvalue weighted by molar-refractivity contribution is 5.94. The maximum absolute atomic E-state index is 12.0. The second-order valence-corrected chi connectivity index (χ2v) is 8.21. The third-order valence-electron chi connectivity index (χ3n) is 4.25. The van der Waals surface area contributed by atoms with Gasteiger partial charge in [-0.15, -0.1) is 0 Å². The second-order valence-electron chi connectivity index (χ2n) is 8.21. The number of esters is 1. The van der Waals surface area contributed by atoms with E-state index in [-0.39, 0.29) is 6.10 Å². The highest BCUT2D eigenvalue weighted by atomic mass is 16.6. The summed E-state index contributed by atoms with van der Waals surface area (Å²) in [5, 5.41) is 0. The van der Waals surface area contributed by atoms with Crippen LogP contribution in [-0.2, 0) is 19.1 Å². The molecule has 0 heterocycles. The molecule has 2 N–H and O–H groups in total. The molecule has 0 unspecified atom stereocenters. The summed E-state index contributed by atoms with van der Waals surface area (Å²) in [5.74, 6) is 0.0422. The Kier molecular flexibility index (Phi) is 7.70. The Bertz CT molecular complexity index is 484. The number of carbonyl (C=O) groups excluding carboxylic acids is 3. The maximum Gasteiger partial charge on any atom is 0.426 e. The SMILES string of the molecule is CC(C)[C@@H]1CC[C@@H](C)C[C@H]1OC(=O)CC(=O)NNC(=O)OC(C)(C)C. The first-order valence-electron chi connectivity index (χ1n) is 8.95. The molecule has 0 aromatic carbocycles. The number of hydrogen-bond donors (Lipinski definition) is 2. The first-order chi connectivity index (χ1) is 11.5. The summed E-state index contributed by atoms with van der Waals surface area (Å²) in [4.78, 5) is 35.3. The van der Waals surface area contributed by atoms with E-state index < -0.39 is 30.0 Å². The lowest BCUT2D eigenvalue weighted by atomic mass is 9.75. The molecule has 1 fully saturated rings. The lowest BCUT2D eigenvalue weighted by Gasteiger charge is -2.36. The predicted molar refractivity (Wildman–Crippen MR) is 93.4 cm³/mol. The van der Waals surface area contributed by atoms with E-state index in [1.807, 2.05) is 0 Å². The van der Waals surface area contributed by atoms with Gasteiger partial charge in [0.2, 0.25) is 5.91 Å². The minimum atomic E-state index is -0.782. The number of amides is 2. The fourth-order valence-corrected chi connectivity index (χ4v) is 3.06. The van der Waals surface area contributed by atoms with Gasteiger partial charge < -0.3 is 9.47 Å². The molecule has 0 aromatic rings. The molecule has 0 bridgehead atoms. The zero-order valence-corrected chi connectivity index (χ0v) is 16.2. The molecule has 0 radical (unpaired) electrons. The van der Waals surface area contributed by atoms with E-state index in [4.69, 9.17) is 9.47 Å². The van der Waals surface area contributed by atoms with Gasteiger partial charge in [0, 0.05) is 0 Å². The third-order valence-corrected chi connectivity index (χ3v) is 4.25. The van der Waals surface area contributed by atoms with Gasteiger partial charge in [-0.25, -0.2) is 10.2 Å². The number of rotatable bonds is 4. The summed E-state index contributed by atoms with van der Waals surface area (Å²) in [7, 11) is 0. The van der Waals surface area contributed by atoms with Crippen molar-refractivity contribution in [1.29, 1.82) is 0 Å². The van der Waals surface area contributed by atoms with Crippen LogP contribution in [0, 0.1) is 17.8 Å². The van der Waals surface area contributed by atoms with Gasteiger partial charge in [0.25, 0.3) is 0 Å². The normalized spacial score (nSPS) is 23.7. The summed E-state index contributed by atoms with van der Waals surface area (Å²) >= 11 is 0. The molecule has 1 aliphatic carbocycles. The minimum Gasteiger partial charge on any atom is -0.462 e. The van der Waals surface area contributed by atoms with Crippen molar-refractivity contribution < 1.29 is 23.9 Å². The molecule has 1 aliphatic rings. The smallest absolute Gasteiger partial charge is 0.426 e. The Morgan fingerprint density at radius 1 is 1.12 bits per heavy atom. The van der Waals surface area contributed by atoms with E-state index in [9.17, 15) is 14.4 Å². The standard InChI is InChI=1S/C18H32N2O5/c1-11(2)13-8-7-12(3)9-14(13)24-16(22)10-15(21)19-20-17(23)25-18(4,5)6/h11-14H,7-10H2,1-6H3,(H,19,21)(H,20,23)/t12-,13+,14-/m1/s1. The van der Waals surface area contributed by atoms with Crippen LogP contribution in [0.15, 0.2) is 0 Å². The summed E-state index contributed by atoms with van der Waals surface area (Å²) in [5.41, 5.74) is 3.60. The van der Waals surface area contributed by atoms with Gasteiger partial charge in [0.05, 0.1) is 0 Å². The number of ether oxygens (including phenoxy) is 2. The van der Waals surface area contributed by atoms with Gasteiger partial charge in [-0.1, -0.05) is 27.2 Å². The maximum atomic E-state index is 12.0. The Morgan fingerprint density at radius 3 is 2.32 bits per heavy atom. The molecule has 0 spiro atoms. The number of hydrogen-bond acceptors (Lipinski definition) is 5. The molecule has 0 aromatic heterocycles. The van der Waals surface area contributed by atoms with Crippen LogP contribution >= 0.6 is 0 Å². The predicted octanol–water partition coefficient (Wildman–Crippen LogP) is 2.94. The summed E-state index contributed by atoms with van der Waals surface area (Å²) in [6.07, 6.45) is 1.62. The molecule has 144 valence electrons. The van der Waals surface area contributed by atoms with E-state index in [0.717, 1.165) is 19.3 Å². The first kappa shape index (κ1) is 21.3. The van der Waals surface area contributed by atoms with Crippen LogP contribution in [0.25, 0.3) is 0 Å². The van der Waals surface area contributed by atoms with Crippen LogP contribution in [-0.4, -0.2) is 29.7 Å². The van der Waals surface area contributed by atoms with Crippen molar-refractivity contribution in [1.82, 2.24) is 10.9 Å². The number of nitrogens with one attached hydrogen (secondary N) is 2. The Morgan fingerprint density at radius 2 is 1.76 bits per heavy atom. The van der Waals surface area contributed by atoms with Gasteiger partial charge in [0.1, 0.15) is 18.1 Å². The molecule has 3 atom stereocenters. The van der Waals surface area contributed by atoms with Crippen molar-refractivity contribution in [2.75, 3.05) is 0 Å². The molecule has 1 rings (SSSR count). The van der Waals surface area contributed by atoms with Crippen molar-refractivity contribution in [2.24, 2.45) is 17.8 Å². The fourth-order valence-electron chi connectivity index (χ4n) is 3.06. The highest BCUT2D eigenvalue weighted by Crippen LogP contribution is 2.35. The Hall–Kier alpha value is -1.79. The summed E-state index contributed by atoms with van der Waals surface area (Å²) in [6.45, 7) is 11.5. The Labute approximate surface area is 150 Å². The van der Waals surface area contributed by atoms with Gasteiger partial charge in [-0.05, 0) is 51.4 Å². The molecular formula is C18H32N2O5. The van der Waals surface area contributed by atoms with Gasteiger partial charge in [-0.2, -0.15) is 0 Å². The van der Waals surface area contributed by atoms with E-state index in [0.29, 0.717) is 17.8 Å². The topological polar surface area (TPSA) is 93.7 Å². The van der Waals surface area contributed by atoms with Gasteiger partial charge in [0.15, 0.2) is 0 Å². The lowest BCUT2D eigenvalue weighted by molar-refractivity contribution is -0.157. The molecule has 0 saturated heterocycles. The van der Waals surface area contributed by atoms with Crippen LogP contribution in [0.2, 0.25) is 0 Å². The fraction of sp³-hybridized carbons (Fsp3) is 0.833. The van der Waals surface area contributed by atoms with Crippen molar-refractivity contribution in [3.8, 4) is 0 Å². The van der Waals surface area contributed by atoms with E-state index in [1.165, 1.54) is 0 Å². The van der Waals surface area contributed by atoms with Crippen molar-refractivity contribution in [2.45, 2.75) is 78.9 Å². The molecule has 0 aliphatic heterocycles. The van der Waals surface area contributed by atoms with Gasteiger partial charge >= 0.3 is 12.1 Å². The van der Waals surface area contributed by atoms with E-state index in [1.54, 1.807) is 20.8 Å². The summed E-state index contributed by atoms with van der Waals surface area (Å²) < 4.78 is 10.5. The van der Waals surface area contributed by atoms with Crippen LogP contribution in [0.4, 0.5) is 4.79 Å². The number of hydrazine groups is 1. The van der Waals surface area contributed by atoms with Crippen LogP contribution < -0.4 is 10.9 Å². The minimum absolute atomic E-state index is 0.150. The van der Waals surface area contributed by atoms with Gasteiger partial charge in [-0.3, -0.25) is 15.0 Å². The molecule has 1 saturated carbocycles. The average Bonchev–Trinajstić information content (AvgIpc) is 2.42. The molecule has 2 amide bonds. The van der Waals surface area contributed by atoms with E-state index in [2.05, 4.69) is 31.6 Å². The van der Waals surface area contributed by atoms with Crippen LogP contribution in [0.1, 0.15) is 67.2 Å². The highest BCUT2D eigenvalue weighted by Gasteiger charge is 2.33. The van der Waals surface area contributed by atoms with Crippen molar-refractivity contribution >= 4 is 18.0 Å². The lowest BCUT2D eigenvalue weighted by Crippen LogP contribution is -2.45. The van der Waals surface area contributed by atoms with Crippen molar-refractivity contribution in [3.63, 3.8) is 0 Å². The number of carbonyl (C=O) groups is 3. The Balaban J connectivity index is 2.41. The third kappa shape index (κ3) is 8.23. The molecule has 7 nitrogen and oxygen atoms in total. The molecule has 25 heavy (non-hydrogen) atoms. The van der Waals surface area contributed by atoms with Crippen LogP contribution in [0.3, 0.4) is 0 Å². The quantitative estimate of drug-likeness (QED) is 0.459. The van der Waals surface area contributed by atoms with Crippen molar-refractivity contribution in [3.05, 3.63) is 0 Å². The average molecular weight is 356 g/mol. The largest absolute Gasteiger partial charge is 0.462 e. The molecule has 7 heteroatoms. The zero-order valence-electron chi connectivity index (χ0n) is 16.2. The zero-order chi connectivity index (χ0) is 19.2. The second kappa shape index (κ2) is 9.06. The monoisotopic (exact) mass is 356 g/mol. The summed E-state index contributed by atoms with van der Waals surface area (Å²) in [6, 6.07) is 0. The molecular weight excluding hydrogens is 324 g/mol. The first-order valence-corrected chi connectivity index (χ1v) is 8.95.